The second kappa shape index (κ2) is 4.20. The molecule has 106 valence electrons. The fourth-order valence-corrected chi connectivity index (χ4v) is 4.24. The lowest BCUT2D eigenvalue weighted by Crippen LogP contribution is -2.47. The zero-order valence-corrected chi connectivity index (χ0v) is 11.3. The first-order valence-corrected chi connectivity index (χ1v) is 7.20. The lowest BCUT2D eigenvalue weighted by molar-refractivity contribution is -0.147. The Morgan fingerprint density at radius 2 is 2.00 bits per heavy atom. The van der Waals surface area contributed by atoms with Gasteiger partial charge in [0.25, 0.3) is 0 Å². The largest absolute Gasteiger partial charge is 0.481 e. The second-order valence-electron chi connectivity index (χ2n) is 6.81. The molecule has 3 aliphatic rings. The van der Waals surface area contributed by atoms with Crippen LogP contribution < -0.4 is 5.73 Å². The Kier molecular flexibility index (Phi) is 2.85. The first-order valence-electron chi connectivity index (χ1n) is 7.20. The highest BCUT2D eigenvalue weighted by atomic mass is 16.4. The molecule has 0 spiro atoms. The van der Waals surface area contributed by atoms with Gasteiger partial charge in [0.05, 0.1) is 11.3 Å². The molecular formula is C14H22N2O3. The first-order chi connectivity index (χ1) is 8.92. The fraction of sp³-hybridized carbons (Fsp3) is 0.857. The van der Waals surface area contributed by atoms with E-state index in [1.807, 2.05) is 0 Å². The van der Waals surface area contributed by atoms with Crippen molar-refractivity contribution in [3.8, 4) is 0 Å². The number of fused-ring (bicyclic) bond motifs is 2. The van der Waals surface area contributed by atoms with Crippen LogP contribution in [0.2, 0.25) is 0 Å². The van der Waals surface area contributed by atoms with Gasteiger partial charge in [0.1, 0.15) is 0 Å². The number of nitrogens with two attached hydrogens (primary N) is 1. The molecule has 0 aromatic heterocycles. The van der Waals surface area contributed by atoms with Crippen molar-refractivity contribution in [3.63, 3.8) is 0 Å². The predicted octanol–water partition coefficient (Wildman–Crippen LogP) is 0.683. The molecule has 2 aliphatic carbocycles. The SMILES string of the molecule is CC1(C(=O)O)CCN(C(=O)C2C3CCC(C3)C2N)C1. The molecule has 5 atom stereocenters. The summed E-state index contributed by atoms with van der Waals surface area (Å²) in [6.45, 7) is 2.62. The van der Waals surface area contributed by atoms with Crippen LogP contribution in [0.5, 0.6) is 0 Å². The van der Waals surface area contributed by atoms with E-state index < -0.39 is 11.4 Å². The molecule has 1 aliphatic heterocycles. The molecular weight excluding hydrogens is 244 g/mol. The quantitative estimate of drug-likeness (QED) is 0.770. The number of carboxylic acids is 1. The van der Waals surface area contributed by atoms with Crippen molar-refractivity contribution in [2.45, 2.75) is 38.6 Å². The molecule has 3 fully saturated rings. The molecule has 19 heavy (non-hydrogen) atoms. The van der Waals surface area contributed by atoms with E-state index in [1.54, 1.807) is 11.8 Å². The van der Waals surface area contributed by atoms with Crippen molar-refractivity contribution in [1.82, 2.24) is 4.90 Å². The van der Waals surface area contributed by atoms with Crippen LogP contribution in [-0.2, 0) is 9.59 Å². The van der Waals surface area contributed by atoms with Crippen molar-refractivity contribution >= 4 is 11.9 Å². The molecule has 2 saturated carbocycles. The van der Waals surface area contributed by atoms with Crippen LogP contribution in [0.1, 0.15) is 32.6 Å². The van der Waals surface area contributed by atoms with Gasteiger partial charge in [0, 0.05) is 19.1 Å². The van der Waals surface area contributed by atoms with Gasteiger partial charge in [-0.3, -0.25) is 9.59 Å². The summed E-state index contributed by atoms with van der Waals surface area (Å²) in [5.41, 5.74) is 5.42. The summed E-state index contributed by atoms with van der Waals surface area (Å²) >= 11 is 0. The van der Waals surface area contributed by atoms with E-state index >= 15 is 0 Å². The van der Waals surface area contributed by atoms with Crippen molar-refractivity contribution < 1.29 is 14.7 Å². The van der Waals surface area contributed by atoms with Gasteiger partial charge in [-0.15, -0.1) is 0 Å². The third-order valence-corrected chi connectivity index (χ3v) is 5.57. The molecule has 1 saturated heterocycles. The first kappa shape index (κ1) is 12.9. The third kappa shape index (κ3) is 1.86. The van der Waals surface area contributed by atoms with Crippen molar-refractivity contribution in [2.75, 3.05) is 13.1 Å². The number of likely N-dealkylation sites (tertiary alicyclic amines) is 1. The Morgan fingerprint density at radius 3 is 2.53 bits per heavy atom. The molecule has 0 aromatic carbocycles. The van der Waals surface area contributed by atoms with Crippen LogP contribution in [0.25, 0.3) is 0 Å². The number of amides is 1. The smallest absolute Gasteiger partial charge is 0.311 e. The lowest BCUT2D eigenvalue weighted by Gasteiger charge is -2.31. The maximum atomic E-state index is 12.6. The Hall–Kier alpha value is -1.10. The Morgan fingerprint density at radius 1 is 1.32 bits per heavy atom. The van der Waals surface area contributed by atoms with Crippen LogP contribution >= 0.6 is 0 Å². The normalized spacial score (nSPS) is 44.8. The molecule has 3 N–H and O–H groups in total. The highest BCUT2D eigenvalue weighted by Gasteiger charge is 2.52. The number of carbonyl (C=O) groups is 2. The maximum Gasteiger partial charge on any atom is 0.311 e. The predicted molar refractivity (Wildman–Crippen MR) is 69.2 cm³/mol. The number of hydrogen-bond donors (Lipinski definition) is 2. The standard InChI is InChI=1S/C14H22N2O3/c1-14(13(18)19)4-5-16(7-14)12(17)10-8-2-3-9(6-8)11(10)15/h8-11H,2-7,15H2,1H3,(H,18,19). The summed E-state index contributed by atoms with van der Waals surface area (Å²) in [6, 6.07) is -0.0112. The molecule has 5 unspecified atom stereocenters. The molecule has 1 heterocycles. The van der Waals surface area contributed by atoms with Crippen LogP contribution in [0.4, 0.5) is 0 Å². The summed E-state index contributed by atoms with van der Waals surface area (Å²) in [6.07, 6.45) is 3.90. The molecule has 5 heteroatoms. The van der Waals surface area contributed by atoms with Gasteiger partial charge in [0.2, 0.25) is 5.91 Å². The maximum absolute atomic E-state index is 12.6. The molecule has 5 nitrogen and oxygen atoms in total. The number of carbonyl (C=O) groups excluding carboxylic acids is 1. The fourth-order valence-electron chi connectivity index (χ4n) is 4.24. The van der Waals surface area contributed by atoms with E-state index in [2.05, 4.69) is 0 Å². The van der Waals surface area contributed by atoms with E-state index in [9.17, 15) is 14.7 Å². The Bertz CT molecular complexity index is 423. The number of aliphatic carboxylic acids is 1. The number of nitrogens with zero attached hydrogens (tertiary/aromatic N) is 1. The summed E-state index contributed by atoms with van der Waals surface area (Å²) in [5, 5.41) is 9.23. The average Bonchev–Trinajstić information content (AvgIpc) is 3.03. The summed E-state index contributed by atoms with van der Waals surface area (Å²) in [4.78, 5) is 25.6. The van der Waals surface area contributed by atoms with Crippen molar-refractivity contribution in [3.05, 3.63) is 0 Å². The average molecular weight is 266 g/mol. The third-order valence-electron chi connectivity index (χ3n) is 5.57. The highest BCUT2D eigenvalue weighted by Crippen LogP contribution is 2.48. The van der Waals surface area contributed by atoms with Gasteiger partial charge in [-0.25, -0.2) is 0 Å². The van der Waals surface area contributed by atoms with E-state index in [0.29, 0.717) is 31.3 Å². The molecule has 3 rings (SSSR count). The van der Waals surface area contributed by atoms with Gasteiger partial charge in [-0.2, -0.15) is 0 Å². The minimum atomic E-state index is -0.806. The lowest BCUT2D eigenvalue weighted by atomic mass is 9.84. The summed E-state index contributed by atoms with van der Waals surface area (Å²) in [5.74, 6) is 0.177. The van der Waals surface area contributed by atoms with Crippen molar-refractivity contribution in [1.29, 1.82) is 0 Å². The van der Waals surface area contributed by atoms with Gasteiger partial charge >= 0.3 is 5.97 Å². The van der Waals surface area contributed by atoms with Crippen LogP contribution in [0.3, 0.4) is 0 Å². The van der Waals surface area contributed by atoms with Gasteiger partial charge in [-0.1, -0.05) is 0 Å². The summed E-state index contributed by atoms with van der Waals surface area (Å²) in [7, 11) is 0. The monoisotopic (exact) mass is 266 g/mol. The Labute approximate surface area is 113 Å². The second-order valence-corrected chi connectivity index (χ2v) is 6.81. The van der Waals surface area contributed by atoms with E-state index in [4.69, 9.17) is 5.73 Å². The minimum Gasteiger partial charge on any atom is -0.481 e. The van der Waals surface area contributed by atoms with E-state index in [0.717, 1.165) is 19.3 Å². The van der Waals surface area contributed by atoms with E-state index in [1.165, 1.54) is 0 Å². The van der Waals surface area contributed by atoms with Gasteiger partial charge in [-0.05, 0) is 44.4 Å². The molecule has 0 aromatic rings. The number of rotatable bonds is 2. The topological polar surface area (TPSA) is 83.6 Å². The Balaban J connectivity index is 1.71. The van der Waals surface area contributed by atoms with Crippen LogP contribution in [0.15, 0.2) is 0 Å². The zero-order valence-electron chi connectivity index (χ0n) is 11.3. The molecule has 1 amide bonds. The van der Waals surface area contributed by atoms with Crippen LogP contribution in [-0.4, -0.2) is 41.0 Å². The van der Waals surface area contributed by atoms with Crippen molar-refractivity contribution in [2.24, 2.45) is 28.9 Å². The highest BCUT2D eigenvalue weighted by molar-refractivity contribution is 5.83. The minimum absolute atomic E-state index is 0.0112. The molecule has 2 bridgehead atoms. The number of hydrogen-bond acceptors (Lipinski definition) is 3. The molecule has 0 radical (unpaired) electrons. The number of carboxylic acid groups (broad SMARTS) is 1. The van der Waals surface area contributed by atoms with Gasteiger partial charge in [0.15, 0.2) is 0 Å². The summed E-state index contributed by atoms with van der Waals surface area (Å²) < 4.78 is 0. The van der Waals surface area contributed by atoms with E-state index in [-0.39, 0.29) is 17.9 Å². The van der Waals surface area contributed by atoms with Gasteiger partial charge < -0.3 is 15.7 Å². The van der Waals surface area contributed by atoms with Crippen LogP contribution in [0, 0.1) is 23.2 Å². The zero-order chi connectivity index (χ0) is 13.8.